The van der Waals surface area contributed by atoms with Crippen LogP contribution in [0.2, 0.25) is 0 Å². The predicted octanol–water partition coefficient (Wildman–Crippen LogP) is 1.50. The van der Waals surface area contributed by atoms with Crippen LogP contribution in [0.5, 0.6) is 0 Å². The van der Waals surface area contributed by atoms with Gasteiger partial charge in [0.05, 0.1) is 0 Å². The van der Waals surface area contributed by atoms with Crippen LogP contribution in [-0.4, -0.2) is 42.5 Å². The Hall–Kier alpha value is -0.610. The average molecular weight is 267 g/mol. The number of nitrogens with two attached hydrogens (primary N) is 1. The van der Waals surface area contributed by atoms with E-state index in [0.29, 0.717) is 12.3 Å². The van der Waals surface area contributed by atoms with Gasteiger partial charge in [-0.15, -0.1) is 0 Å². The van der Waals surface area contributed by atoms with E-state index in [2.05, 4.69) is 17.1 Å². The maximum atomic E-state index is 12.0. The molecule has 3 N–H and O–H groups in total. The van der Waals surface area contributed by atoms with Crippen molar-refractivity contribution >= 4 is 5.91 Å². The van der Waals surface area contributed by atoms with Gasteiger partial charge in [0, 0.05) is 18.5 Å². The zero-order chi connectivity index (χ0) is 13.7. The van der Waals surface area contributed by atoms with Crippen molar-refractivity contribution < 1.29 is 4.79 Å². The van der Waals surface area contributed by atoms with Gasteiger partial charge in [0.25, 0.3) is 0 Å². The average Bonchev–Trinajstić information content (AvgIpc) is 2.83. The quantitative estimate of drug-likeness (QED) is 0.793. The second kappa shape index (κ2) is 6.71. The molecular weight excluding hydrogens is 238 g/mol. The molecule has 1 amide bonds. The lowest BCUT2D eigenvalue weighted by molar-refractivity contribution is -0.122. The highest BCUT2D eigenvalue weighted by Gasteiger charge is 2.31. The molecule has 4 nitrogen and oxygen atoms in total. The van der Waals surface area contributed by atoms with Gasteiger partial charge in [-0.25, -0.2) is 0 Å². The van der Waals surface area contributed by atoms with E-state index in [1.807, 2.05) is 0 Å². The second-order valence-electron chi connectivity index (χ2n) is 6.43. The van der Waals surface area contributed by atoms with Gasteiger partial charge in [-0.2, -0.15) is 0 Å². The summed E-state index contributed by atoms with van der Waals surface area (Å²) in [6.45, 7) is 6.56. The van der Waals surface area contributed by atoms with Crippen LogP contribution in [0.1, 0.15) is 51.9 Å². The largest absolute Gasteiger partial charge is 0.356 e. The fourth-order valence-electron chi connectivity index (χ4n) is 3.40. The Bertz CT molecular complexity index is 292. The van der Waals surface area contributed by atoms with Gasteiger partial charge in [0.1, 0.15) is 0 Å². The highest BCUT2D eigenvalue weighted by molar-refractivity contribution is 5.77. The van der Waals surface area contributed by atoms with Crippen LogP contribution in [0.25, 0.3) is 0 Å². The van der Waals surface area contributed by atoms with Crippen molar-refractivity contribution in [1.82, 2.24) is 10.2 Å². The van der Waals surface area contributed by atoms with Crippen LogP contribution in [0.4, 0.5) is 0 Å². The summed E-state index contributed by atoms with van der Waals surface area (Å²) < 4.78 is 0. The molecule has 0 unspecified atom stereocenters. The molecule has 1 aliphatic carbocycles. The Morgan fingerprint density at radius 1 is 1.32 bits per heavy atom. The number of nitrogens with one attached hydrogen (secondary N) is 1. The monoisotopic (exact) mass is 267 g/mol. The fraction of sp³-hybridized carbons (Fsp3) is 0.933. The zero-order valence-corrected chi connectivity index (χ0v) is 12.3. The van der Waals surface area contributed by atoms with E-state index in [4.69, 9.17) is 5.73 Å². The third kappa shape index (κ3) is 4.46. The fourth-order valence-corrected chi connectivity index (χ4v) is 3.40. The maximum Gasteiger partial charge on any atom is 0.221 e. The van der Waals surface area contributed by atoms with Crippen molar-refractivity contribution in [2.24, 2.45) is 11.7 Å². The Morgan fingerprint density at radius 2 is 1.95 bits per heavy atom. The first-order valence-electron chi connectivity index (χ1n) is 7.89. The summed E-state index contributed by atoms with van der Waals surface area (Å²) in [6.07, 6.45) is 7.31. The van der Waals surface area contributed by atoms with Crippen molar-refractivity contribution in [1.29, 1.82) is 0 Å². The molecule has 2 aliphatic rings. The van der Waals surface area contributed by atoms with Crippen molar-refractivity contribution in [3.8, 4) is 0 Å². The summed E-state index contributed by atoms with van der Waals surface area (Å²) in [7, 11) is 0. The summed E-state index contributed by atoms with van der Waals surface area (Å²) in [5.41, 5.74) is 6.02. The molecule has 2 rings (SSSR count). The van der Waals surface area contributed by atoms with Gasteiger partial charge in [-0.05, 0) is 51.2 Å². The topological polar surface area (TPSA) is 58.4 Å². The normalized spacial score (nSPS) is 24.5. The number of amides is 1. The SMILES string of the molecule is CCN1CCC(CNC(=O)CC2(N)CCCC2)CC1. The Morgan fingerprint density at radius 3 is 2.53 bits per heavy atom. The molecular formula is C15H29N3O. The van der Waals surface area contributed by atoms with E-state index < -0.39 is 0 Å². The molecule has 1 saturated heterocycles. The van der Waals surface area contributed by atoms with Crippen LogP contribution in [-0.2, 0) is 4.79 Å². The van der Waals surface area contributed by atoms with E-state index in [1.54, 1.807) is 0 Å². The van der Waals surface area contributed by atoms with E-state index in [9.17, 15) is 4.79 Å². The van der Waals surface area contributed by atoms with Crippen molar-refractivity contribution in [2.45, 2.75) is 57.4 Å². The number of piperidine rings is 1. The van der Waals surface area contributed by atoms with Crippen LogP contribution in [0, 0.1) is 5.92 Å². The molecule has 0 aromatic rings. The molecule has 0 aromatic heterocycles. The zero-order valence-electron chi connectivity index (χ0n) is 12.3. The summed E-state index contributed by atoms with van der Waals surface area (Å²) in [6, 6.07) is 0. The van der Waals surface area contributed by atoms with Crippen LogP contribution in [0.15, 0.2) is 0 Å². The van der Waals surface area contributed by atoms with E-state index in [0.717, 1.165) is 25.9 Å². The molecule has 1 saturated carbocycles. The van der Waals surface area contributed by atoms with Crippen molar-refractivity contribution in [3.63, 3.8) is 0 Å². The van der Waals surface area contributed by atoms with E-state index in [-0.39, 0.29) is 11.4 Å². The van der Waals surface area contributed by atoms with Crippen LogP contribution >= 0.6 is 0 Å². The first-order valence-corrected chi connectivity index (χ1v) is 7.89. The van der Waals surface area contributed by atoms with Gasteiger partial charge >= 0.3 is 0 Å². The van der Waals surface area contributed by atoms with Gasteiger partial charge < -0.3 is 16.0 Å². The molecule has 0 aromatic carbocycles. The third-order valence-corrected chi connectivity index (χ3v) is 4.85. The minimum absolute atomic E-state index is 0.155. The van der Waals surface area contributed by atoms with Gasteiger partial charge in [-0.1, -0.05) is 19.8 Å². The summed E-state index contributed by atoms with van der Waals surface area (Å²) in [4.78, 5) is 14.4. The standard InChI is InChI=1S/C15H29N3O/c1-2-18-9-5-13(6-10-18)12-17-14(19)11-15(16)7-3-4-8-15/h13H,2-12,16H2,1H3,(H,17,19). The lowest BCUT2D eigenvalue weighted by Crippen LogP contribution is -2.44. The molecule has 0 radical (unpaired) electrons. The molecule has 110 valence electrons. The second-order valence-corrected chi connectivity index (χ2v) is 6.43. The summed E-state index contributed by atoms with van der Waals surface area (Å²) in [5, 5.41) is 3.10. The van der Waals surface area contributed by atoms with Crippen LogP contribution in [0.3, 0.4) is 0 Å². The van der Waals surface area contributed by atoms with Gasteiger partial charge in [-0.3, -0.25) is 4.79 Å². The predicted molar refractivity (Wildman–Crippen MR) is 77.9 cm³/mol. The maximum absolute atomic E-state index is 12.0. The molecule has 0 atom stereocenters. The molecule has 1 aliphatic heterocycles. The molecule has 0 bridgehead atoms. The first kappa shape index (κ1) is 14.8. The molecule has 2 fully saturated rings. The molecule has 0 spiro atoms. The number of rotatable bonds is 5. The van der Waals surface area contributed by atoms with Crippen molar-refractivity contribution in [3.05, 3.63) is 0 Å². The smallest absolute Gasteiger partial charge is 0.221 e. The van der Waals surface area contributed by atoms with Gasteiger partial charge in [0.15, 0.2) is 0 Å². The Kier molecular flexibility index (Phi) is 5.22. The number of hydrogen-bond acceptors (Lipinski definition) is 3. The minimum Gasteiger partial charge on any atom is -0.356 e. The molecule has 4 heteroatoms. The van der Waals surface area contributed by atoms with Crippen LogP contribution < -0.4 is 11.1 Å². The number of likely N-dealkylation sites (tertiary alicyclic amines) is 1. The summed E-state index contributed by atoms with van der Waals surface area (Å²) >= 11 is 0. The number of hydrogen-bond donors (Lipinski definition) is 2. The minimum atomic E-state index is -0.213. The molecule has 19 heavy (non-hydrogen) atoms. The highest BCUT2D eigenvalue weighted by atomic mass is 16.1. The molecule has 1 heterocycles. The van der Waals surface area contributed by atoms with Crippen molar-refractivity contribution in [2.75, 3.05) is 26.2 Å². The summed E-state index contributed by atoms with van der Waals surface area (Å²) in [5.74, 6) is 0.811. The number of carbonyl (C=O) groups is 1. The first-order chi connectivity index (χ1) is 9.11. The van der Waals surface area contributed by atoms with E-state index in [1.165, 1.54) is 38.8 Å². The highest BCUT2D eigenvalue weighted by Crippen LogP contribution is 2.29. The lowest BCUT2D eigenvalue weighted by Gasteiger charge is -2.31. The lowest BCUT2D eigenvalue weighted by atomic mass is 9.93. The Labute approximate surface area is 117 Å². The number of carbonyl (C=O) groups excluding carboxylic acids is 1. The van der Waals surface area contributed by atoms with E-state index >= 15 is 0 Å². The number of nitrogens with zero attached hydrogens (tertiary/aromatic N) is 1. The Balaban J connectivity index is 1.64. The third-order valence-electron chi connectivity index (χ3n) is 4.85. The van der Waals surface area contributed by atoms with Gasteiger partial charge in [0.2, 0.25) is 5.91 Å².